The van der Waals surface area contributed by atoms with Crippen molar-refractivity contribution in [3.05, 3.63) is 20.8 Å². The minimum absolute atomic E-state index is 0.199. The molecule has 0 saturated carbocycles. The van der Waals surface area contributed by atoms with Gasteiger partial charge in [0, 0.05) is 12.5 Å². The monoisotopic (exact) mass is 232 g/mol. The number of carboxylic acids is 1. The second-order valence-electron chi connectivity index (χ2n) is 3.21. The Balaban J connectivity index is 2.37. The van der Waals surface area contributed by atoms with Gasteiger partial charge in [-0.3, -0.25) is 0 Å². The maximum atomic E-state index is 10.9. The van der Waals surface area contributed by atoms with E-state index in [2.05, 4.69) is 0 Å². The van der Waals surface area contributed by atoms with Crippen molar-refractivity contribution in [2.75, 3.05) is 13.2 Å². The van der Waals surface area contributed by atoms with Crippen LogP contribution in [0.2, 0.25) is 4.34 Å². The van der Waals surface area contributed by atoms with E-state index in [1.54, 1.807) is 0 Å². The van der Waals surface area contributed by atoms with E-state index in [1.807, 2.05) is 5.38 Å². The highest BCUT2D eigenvalue weighted by Gasteiger charge is 2.26. The van der Waals surface area contributed by atoms with E-state index in [9.17, 15) is 4.79 Å². The molecule has 0 aromatic carbocycles. The maximum Gasteiger partial charge on any atom is 0.338 e. The standard InChI is InChI=1S/C9H9ClO3S/c10-8-7(9(11)12)6(4-14-8)5-1-2-13-3-5/h4-5H,1-3H2,(H,11,12). The van der Waals surface area contributed by atoms with E-state index in [0.717, 1.165) is 12.0 Å². The van der Waals surface area contributed by atoms with Crippen molar-refractivity contribution in [2.24, 2.45) is 0 Å². The van der Waals surface area contributed by atoms with Crippen molar-refractivity contribution < 1.29 is 14.6 Å². The number of thiophene rings is 1. The SMILES string of the molecule is O=C(O)c1c(C2CCOC2)csc1Cl. The van der Waals surface area contributed by atoms with Gasteiger partial charge in [0.15, 0.2) is 0 Å². The minimum atomic E-state index is -0.946. The third-order valence-electron chi connectivity index (χ3n) is 2.36. The normalized spacial score (nSPS) is 21.4. The molecule has 1 N–H and O–H groups in total. The zero-order valence-corrected chi connectivity index (χ0v) is 8.90. The molecule has 14 heavy (non-hydrogen) atoms. The first-order valence-corrected chi connectivity index (χ1v) is 5.54. The van der Waals surface area contributed by atoms with Crippen molar-refractivity contribution >= 4 is 28.9 Å². The summed E-state index contributed by atoms with van der Waals surface area (Å²) in [5.41, 5.74) is 1.08. The summed E-state index contributed by atoms with van der Waals surface area (Å²) in [5, 5.41) is 10.8. The van der Waals surface area contributed by atoms with Gasteiger partial charge in [0.05, 0.1) is 12.2 Å². The molecule has 1 aliphatic heterocycles. The van der Waals surface area contributed by atoms with Crippen LogP contribution in [0.5, 0.6) is 0 Å². The molecule has 0 radical (unpaired) electrons. The van der Waals surface area contributed by atoms with Gasteiger partial charge >= 0.3 is 5.97 Å². The highest BCUT2D eigenvalue weighted by molar-refractivity contribution is 7.15. The maximum absolute atomic E-state index is 10.9. The molecule has 1 aromatic rings. The third kappa shape index (κ3) is 1.65. The fourth-order valence-electron chi connectivity index (χ4n) is 1.63. The predicted octanol–water partition coefficient (Wildman–Crippen LogP) is 2.60. The highest BCUT2D eigenvalue weighted by Crippen LogP contribution is 2.36. The summed E-state index contributed by atoms with van der Waals surface area (Å²) in [7, 11) is 0. The molecule has 0 spiro atoms. The highest BCUT2D eigenvalue weighted by atomic mass is 35.5. The number of ether oxygens (including phenoxy) is 1. The molecule has 0 aliphatic carbocycles. The Kier molecular flexibility index (Phi) is 2.76. The van der Waals surface area contributed by atoms with Gasteiger partial charge in [-0.05, 0) is 17.4 Å². The first kappa shape index (κ1) is 9.96. The third-order valence-corrected chi connectivity index (χ3v) is 3.60. The van der Waals surface area contributed by atoms with Crippen LogP contribution < -0.4 is 0 Å². The molecule has 3 nitrogen and oxygen atoms in total. The summed E-state index contributed by atoms with van der Waals surface area (Å²) in [6.45, 7) is 1.31. The molecule has 5 heteroatoms. The van der Waals surface area contributed by atoms with Crippen molar-refractivity contribution in [3.63, 3.8) is 0 Å². The van der Waals surface area contributed by atoms with E-state index in [4.69, 9.17) is 21.4 Å². The minimum Gasteiger partial charge on any atom is -0.478 e. The number of hydrogen-bond acceptors (Lipinski definition) is 3. The lowest BCUT2D eigenvalue weighted by Gasteiger charge is -2.06. The largest absolute Gasteiger partial charge is 0.478 e. The van der Waals surface area contributed by atoms with Gasteiger partial charge < -0.3 is 9.84 Å². The average Bonchev–Trinajstić information content (AvgIpc) is 2.70. The smallest absolute Gasteiger partial charge is 0.338 e. The molecule has 2 heterocycles. The Morgan fingerprint density at radius 1 is 1.71 bits per heavy atom. The van der Waals surface area contributed by atoms with Gasteiger partial charge in [-0.2, -0.15) is 0 Å². The van der Waals surface area contributed by atoms with Crippen LogP contribution in [0.3, 0.4) is 0 Å². The van der Waals surface area contributed by atoms with Crippen LogP contribution in [0.25, 0.3) is 0 Å². The molecule has 1 unspecified atom stereocenters. The number of halogens is 1. The number of carbonyl (C=O) groups is 1. The summed E-state index contributed by atoms with van der Waals surface area (Å²) in [5.74, 6) is -0.747. The van der Waals surface area contributed by atoms with Crippen LogP contribution in [0.15, 0.2) is 5.38 Å². The summed E-state index contributed by atoms with van der Waals surface area (Å²) < 4.78 is 5.58. The van der Waals surface area contributed by atoms with Gasteiger partial charge in [0.2, 0.25) is 0 Å². The first-order chi connectivity index (χ1) is 6.70. The molecule has 1 aromatic heterocycles. The molecule has 0 bridgehead atoms. The lowest BCUT2D eigenvalue weighted by molar-refractivity contribution is 0.0696. The van der Waals surface area contributed by atoms with Gasteiger partial charge in [0.1, 0.15) is 4.34 Å². The van der Waals surface area contributed by atoms with Crippen LogP contribution >= 0.6 is 22.9 Å². The van der Waals surface area contributed by atoms with E-state index in [-0.39, 0.29) is 11.5 Å². The predicted molar refractivity (Wildman–Crippen MR) is 54.5 cm³/mol. The zero-order chi connectivity index (χ0) is 10.1. The van der Waals surface area contributed by atoms with Crippen molar-refractivity contribution in [1.29, 1.82) is 0 Å². The first-order valence-electron chi connectivity index (χ1n) is 4.28. The van der Waals surface area contributed by atoms with E-state index in [1.165, 1.54) is 11.3 Å². The Morgan fingerprint density at radius 2 is 2.50 bits per heavy atom. The zero-order valence-electron chi connectivity index (χ0n) is 7.33. The van der Waals surface area contributed by atoms with Crippen molar-refractivity contribution in [1.82, 2.24) is 0 Å². The lowest BCUT2D eigenvalue weighted by Crippen LogP contribution is -2.05. The summed E-state index contributed by atoms with van der Waals surface area (Å²) >= 11 is 7.09. The fourth-order valence-corrected chi connectivity index (χ4v) is 2.82. The summed E-state index contributed by atoms with van der Waals surface area (Å²) in [4.78, 5) is 10.9. The van der Waals surface area contributed by atoms with Crippen LogP contribution in [0.1, 0.15) is 28.3 Å². The molecule has 2 rings (SSSR count). The van der Waals surface area contributed by atoms with E-state index < -0.39 is 5.97 Å². The Hall–Kier alpha value is -0.580. The average molecular weight is 233 g/mol. The summed E-state index contributed by atoms with van der Waals surface area (Å²) in [6.07, 6.45) is 0.882. The quantitative estimate of drug-likeness (QED) is 0.853. The number of hydrogen-bond donors (Lipinski definition) is 1. The number of carboxylic acid groups (broad SMARTS) is 1. The van der Waals surface area contributed by atoms with Crippen LogP contribution in [-0.2, 0) is 4.74 Å². The second kappa shape index (κ2) is 3.88. The lowest BCUT2D eigenvalue weighted by atomic mass is 9.98. The fraction of sp³-hybridized carbons (Fsp3) is 0.444. The van der Waals surface area contributed by atoms with Crippen molar-refractivity contribution in [3.8, 4) is 0 Å². The number of aromatic carboxylic acids is 1. The molecule has 1 aliphatic rings. The Bertz CT molecular complexity index is 355. The molecular weight excluding hydrogens is 224 g/mol. The number of rotatable bonds is 2. The van der Waals surface area contributed by atoms with Gasteiger partial charge in [0.25, 0.3) is 0 Å². The van der Waals surface area contributed by atoms with Crippen LogP contribution in [0, 0.1) is 0 Å². The molecule has 76 valence electrons. The van der Waals surface area contributed by atoms with Gasteiger partial charge in [-0.25, -0.2) is 4.79 Å². The molecule has 1 fully saturated rings. The van der Waals surface area contributed by atoms with E-state index >= 15 is 0 Å². The molecular formula is C9H9ClO3S. The van der Waals surface area contributed by atoms with Crippen LogP contribution in [0.4, 0.5) is 0 Å². The molecule has 0 amide bonds. The summed E-state index contributed by atoms with van der Waals surface area (Å²) in [6, 6.07) is 0. The Labute approximate surface area is 90.3 Å². The molecule has 1 atom stereocenters. The topological polar surface area (TPSA) is 46.5 Å². The second-order valence-corrected chi connectivity index (χ2v) is 4.69. The molecule has 1 saturated heterocycles. The van der Waals surface area contributed by atoms with Gasteiger partial charge in [-0.15, -0.1) is 11.3 Å². The van der Waals surface area contributed by atoms with Gasteiger partial charge in [-0.1, -0.05) is 11.6 Å². The van der Waals surface area contributed by atoms with E-state index in [0.29, 0.717) is 17.6 Å². The Morgan fingerprint density at radius 3 is 3.07 bits per heavy atom. The van der Waals surface area contributed by atoms with Crippen LogP contribution in [-0.4, -0.2) is 24.3 Å². The van der Waals surface area contributed by atoms with Crippen molar-refractivity contribution in [2.45, 2.75) is 12.3 Å².